The molecule has 19 heavy (non-hydrogen) atoms. The van der Waals surface area contributed by atoms with Crippen LogP contribution in [-0.2, 0) is 10.0 Å². The molecule has 0 unspecified atom stereocenters. The molecule has 0 radical (unpaired) electrons. The van der Waals surface area contributed by atoms with Gasteiger partial charge in [-0.15, -0.1) is 0 Å². The standard InChI is InChI=1S/C7H5BrN4O4S3/c8-4-2-10-7(17-4)11-19(15,16)5-1-3(12(13)14)6(9)18-5/h1-2H,9H2,(H,10,11). The summed E-state index contributed by atoms with van der Waals surface area (Å²) in [7, 11) is -3.92. The normalized spacial score (nSPS) is 11.4. The highest BCUT2D eigenvalue weighted by atomic mass is 79.9. The molecule has 0 aliphatic rings. The van der Waals surface area contributed by atoms with Crippen molar-refractivity contribution in [1.82, 2.24) is 4.98 Å². The number of thiazole rings is 1. The van der Waals surface area contributed by atoms with Crippen molar-refractivity contribution in [3.8, 4) is 0 Å². The summed E-state index contributed by atoms with van der Waals surface area (Å²) >= 11 is 4.85. The highest BCUT2D eigenvalue weighted by molar-refractivity contribution is 9.11. The molecule has 8 nitrogen and oxygen atoms in total. The van der Waals surface area contributed by atoms with Crippen LogP contribution >= 0.6 is 38.6 Å². The molecular weight excluding hydrogens is 380 g/mol. The van der Waals surface area contributed by atoms with Crippen molar-refractivity contribution < 1.29 is 13.3 Å². The van der Waals surface area contributed by atoms with Crippen LogP contribution in [0.5, 0.6) is 0 Å². The lowest BCUT2D eigenvalue weighted by atomic mass is 10.5. The predicted octanol–water partition coefficient (Wildman–Crippen LogP) is 2.26. The maximum Gasteiger partial charge on any atom is 0.304 e. The van der Waals surface area contributed by atoms with Crippen LogP contribution in [0.1, 0.15) is 0 Å². The number of nitrogens with zero attached hydrogens (tertiary/aromatic N) is 2. The zero-order valence-corrected chi connectivity index (χ0v) is 12.9. The number of hydrogen-bond acceptors (Lipinski definition) is 8. The lowest BCUT2D eigenvalue weighted by molar-refractivity contribution is -0.383. The van der Waals surface area contributed by atoms with E-state index in [1.807, 2.05) is 0 Å². The second kappa shape index (κ2) is 5.03. The number of rotatable bonds is 4. The molecule has 0 aliphatic heterocycles. The minimum Gasteiger partial charge on any atom is -0.385 e. The molecule has 3 N–H and O–H groups in total. The molecule has 0 atom stereocenters. The van der Waals surface area contributed by atoms with Gasteiger partial charge in [0.15, 0.2) is 10.1 Å². The van der Waals surface area contributed by atoms with E-state index in [4.69, 9.17) is 5.73 Å². The second-order valence-corrected chi connectivity index (χ2v) is 8.55. The Balaban J connectivity index is 2.34. The van der Waals surface area contributed by atoms with Gasteiger partial charge in [-0.3, -0.25) is 14.8 Å². The summed E-state index contributed by atoms with van der Waals surface area (Å²) in [6.07, 6.45) is 1.44. The van der Waals surface area contributed by atoms with Gasteiger partial charge in [-0.1, -0.05) is 22.7 Å². The Morgan fingerprint density at radius 1 is 1.47 bits per heavy atom. The third-order valence-electron chi connectivity index (χ3n) is 1.88. The number of anilines is 2. The number of nitrogens with two attached hydrogens (primary N) is 1. The van der Waals surface area contributed by atoms with Crippen molar-refractivity contribution in [1.29, 1.82) is 0 Å². The quantitative estimate of drug-likeness (QED) is 0.614. The minimum atomic E-state index is -3.92. The highest BCUT2D eigenvalue weighted by Gasteiger charge is 2.25. The van der Waals surface area contributed by atoms with Crippen LogP contribution < -0.4 is 10.5 Å². The van der Waals surface area contributed by atoms with Crippen LogP contribution in [0.25, 0.3) is 0 Å². The summed E-state index contributed by atoms with van der Waals surface area (Å²) < 4.78 is 26.6. The van der Waals surface area contributed by atoms with Gasteiger partial charge in [-0.05, 0) is 15.9 Å². The van der Waals surface area contributed by atoms with E-state index in [-0.39, 0.29) is 14.3 Å². The molecule has 2 heterocycles. The van der Waals surface area contributed by atoms with Crippen LogP contribution in [0, 0.1) is 10.1 Å². The van der Waals surface area contributed by atoms with Gasteiger partial charge in [-0.25, -0.2) is 13.4 Å². The maximum atomic E-state index is 12.0. The van der Waals surface area contributed by atoms with Crippen LogP contribution in [-0.4, -0.2) is 18.3 Å². The van der Waals surface area contributed by atoms with Crippen molar-refractivity contribution in [3.05, 3.63) is 26.2 Å². The smallest absolute Gasteiger partial charge is 0.304 e. The topological polar surface area (TPSA) is 128 Å². The molecule has 2 rings (SSSR count). The van der Waals surface area contributed by atoms with Crippen LogP contribution in [0.3, 0.4) is 0 Å². The Bertz CT molecular complexity index is 737. The number of sulfonamides is 1. The molecule has 0 amide bonds. The molecule has 2 aromatic heterocycles. The Morgan fingerprint density at radius 2 is 2.16 bits per heavy atom. The fourth-order valence-electron chi connectivity index (χ4n) is 1.11. The van der Waals surface area contributed by atoms with Gasteiger partial charge in [0.05, 0.1) is 14.9 Å². The lowest BCUT2D eigenvalue weighted by Gasteiger charge is -2.00. The molecule has 0 saturated carbocycles. The summed E-state index contributed by atoms with van der Waals surface area (Å²) in [5, 5.41) is 10.6. The molecule has 2 aromatic rings. The summed E-state index contributed by atoms with van der Waals surface area (Å²) in [5.74, 6) is 0. The van der Waals surface area contributed by atoms with E-state index in [2.05, 4.69) is 25.6 Å². The number of hydrogen-bond donors (Lipinski definition) is 2. The van der Waals surface area contributed by atoms with E-state index >= 15 is 0 Å². The molecule has 0 aromatic carbocycles. The minimum absolute atomic E-state index is 0.154. The van der Waals surface area contributed by atoms with Crippen LogP contribution in [0.15, 0.2) is 20.3 Å². The Kier molecular flexibility index (Phi) is 3.75. The summed E-state index contributed by atoms with van der Waals surface area (Å²) in [4.78, 5) is 13.7. The van der Waals surface area contributed by atoms with E-state index in [9.17, 15) is 18.5 Å². The third-order valence-corrected chi connectivity index (χ3v) is 6.17. The van der Waals surface area contributed by atoms with Gasteiger partial charge < -0.3 is 5.73 Å². The van der Waals surface area contributed by atoms with Gasteiger partial charge in [0.1, 0.15) is 4.21 Å². The first-order chi connectivity index (χ1) is 8.79. The van der Waals surface area contributed by atoms with E-state index in [0.717, 1.165) is 17.4 Å². The van der Waals surface area contributed by atoms with Gasteiger partial charge in [0.25, 0.3) is 10.0 Å². The number of halogens is 1. The molecule has 0 fully saturated rings. The van der Waals surface area contributed by atoms with Crippen molar-refractivity contribution in [2.24, 2.45) is 0 Å². The highest BCUT2D eigenvalue weighted by Crippen LogP contribution is 2.35. The van der Waals surface area contributed by atoms with E-state index in [1.54, 1.807) is 0 Å². The van der Waals surface area contributed by atoms with Crippen LogP contribution in [0.4, 0.5) is 15.8 Å². The van der Waals surface area contributed by atoms with Crippen molar-refractivity contribution in [2.45, 2.75) is 4.21 Å². The van der Waals surface area contributed by atoms with E-state index in [0.29, 0.717) is 15.1 Å². The van der Waals surface area contributed by atoms with Crippen molar-refractivity contribution in [3.63, 3.8) is 0 Å². The summed E-state index contributed by atoms with van der Waals surface area (Å²) in [6, 6.07) is 0.922. The largest absolute Gasteiger partial charge is 0.385 e. The summed E-state index contributed by atoms with van der Waals surface area (Å²) in [6.45, 7) is 0. The first-order valence-corrected chi connectivity index (χ1v) is 8.38. The van der Waals surface area contributed by atoms with Crippen molar-refractivity contribution >= 4 is 64.4 Å². The molecule has 102 valence electrons. The molecule has 0 aliphatic carbocycles. The van der Waals surface area contributed by atoms with Gasteiger partial charge in [0, 0.05) is 6.07 Å². The number of nitro groups is 1. The lowest BCUT2D eigenvalue weighted by Crippen LogP contribution is -2.11. The first kappa shape index (κ1) is 14.2. The Labute approximate surface area is 123 Å². The predicted molar refractivity (Wildman–Crippen MR) is 76.0 cm³/mol. The third kappa shape index (κ3) is 3.02. The zero-order valence-electron chi connectivity index (χ0n) is 8.86. The van der Waals surface area contributed by atoms with Gasteiger partial charge >= 0.3 is 5.69 Å². The number of aromatic nitrogens is 1. The monoisotopic (exact) mass is 384 g/mol. The number of thiophene rings is 1. The van der Waals surface area contributed by atoms with Gasteiger partial charge in [-0.2, -0.15) is 0 Å². The second-order valence-electron chi connectivity index (χ2n) is 3.15. The molecule has 0 spiro atoms. The van der Waals surface area contributed by atoms with E-state index in [1.165, 1.54) is 6.20 Å². The maximum absolute atomic E-state index is 12.0. The number of nitrogens with one attached hydrogen (secondary N) is 1. The van der Waals surface area contributed by atoms with Gasteiger partial charge in [0.2, 0.25) is 0 Å². The molecule has 0 bridgehead atoms. The average Bonchev–Trinajstić information content (AvgIpc) is 2.84. The Hall–Kier alpha value is -1.24. The fraction of sp³-hybridized carbons (Fsp3) is 0. The molecular formula is C7H5BrN4O4S3. The first-order valence-electron chi connectivity index (χ1n) is 4.47. The Morgan fingerprint density at radius 3 is 2.63 bits per heavy atom. The van der Waals surface area contributed by atoms with Crippen molar-refractivity contribution in [2.75, 3.05) is 10.5 Å². The zero-order chi connectivity index (χ0) is 14.2. The molecule has 0 saturated heterocycles. The molecule has 12 heteroatoms. The summed E-state index contributed by atoms with van der Waals surface area (Å²) in [5.41, 5.74) is 4.98. The average molecular weight is 385 g/mol. The van der Waals surface area contributed by atoms with Crippen LogP contribution in [0.2, 0.25) is 0 Å². The fourth-order valence-corrected chi connectivity index (χ4v) is 4.68. The van der Waals surface area contributed by atoms with E-state index < -0.39 is 20.6 Å². The number of nitrogen functional groups attached to an aromatic ring is 1. The SMILES string of the molecule is Nc1sc(S(=O)(=O)Nc2ncc(Br)s2)cc1[N+](=O)[O-].